The van der Waals surface area contributed by atoms with Crippen LogP contribution in [0.1, 0.15) is 47.9 Å². The lowest BCUT2D eigenvalue weighted by molar-refractivity contribution is 0.0988. The van der Waals surface area contributed by atoms with Gasteiger partial charge in [-0.1, -0.05) is 13.3 Å². The number of Topliss-reactive ketones (excluding diaryl/α,β-unsaturated/α-hetero) is 1. The highest BCUT2D eigenvalue weighted by Gasteiger charge is 2.14. The molecule has 90 valence electrons. The van der Waals surface area contributed by atoms with Crippen molar-refractivity contribution >= 4 is 17.4 Å². The zero-order valence-electron chi connectivity index (χ0n) is 10.3. The summed E-state index contributed by atoms with van der Waals surface area (Å²) in [7, 11) is 0. The van der Waals surface area contributed by atoms with Crippen molar-refractivity contribution in [3.63, 3.8) is 0 Å². The monoisotopic (exact) mass is 241 g/mol. The molecule has 1 aromatic rings. The van der Waals surface area contributed by atoms with Gasteiger partial charge in [-0.15, -0.1) is 11.6 Å². The number of rotatable bonds is 6. The number of halogens is 1. The molecule has 1 rings (SSSR count). The number of carbonyl (C=O) groups is 1. The Hall–Kier alpha value is -0.760. The summed E-state index contributed by atoms with van der Waals surface area (Å²) in [4.78, 5) is 11.8. The Bertz CT molecular complexity index is 368. The largest absolute Gasteiger partial charge is 0.348 e. The summed E-state index contributed by atoms with van der Waals surface area (Å²) in [5.74, 6) is 0.558. The Kier molecular flexibility index (Phi) is 5.07. The maximum absolute atomic E-state index is 11.8. The van der Waals surface area contributed by atoms with E-state index in [0.29, 0.717) is 12.3 Å². The quantitative estimate of drug-likeness (QED) is 0.550. The summed E-state index contributed by atoms with van der Waals surface area (Å²) in [6.45, 7) is 7.25. The van der Waals surface area contributed by atoms with Crippen molar-refractivity contribution in [2.75, 3.05) is 5.88 Å². The third kappa shape index (κ3) is 2.88. The summed E-state index contributed by atoms with van der Waals surface area (Å²) >= 11 is 5.60. The minimum Gasteiger partial charge on any atom is -0.348 e. The maximum atomic E-state index is 11.8. The second-order valence-electron chi connectivity index (χ2n) is 4.15. The van der Waals surface area contributed by atoms with Crippen LogP contribution in [-0.4, -0.2) is 16.2 Å². The number of nitrogens with zero attached hydrogens (tertiary/aromatic N) is 1. The molecular formula is C13H20ClNO. The molecule has 0 aliphatic heterocycles. The highest BCUT2D eigenvalue weighted by molar-refractivity contribution is 6.19. The van der Waals surface area contributed by atoms with Crippen molar-refractivity contribution in [3.8, 4) is 0 Å². The van der Waals surface area contributed by atoms with E-state index < -0.39 is 0 Å². The lowest BCUT2D eigenvalue weighted by Crippen LogP contribution is -2.05. The van der Waals surface area contributed by atoms with Crippen LogP contribution in [0.2, 0.25) is 0 Å². The number of ketones is 1. The zero-order valence-corrected chi connectivity index (χ0v) is 11.1. The predicted octanol–water partition coefficient (Wildman–Crippen LogP) is 3.72. The van der Waals surface area contributed by atoms with E-state index in [1.54, 1.807) is 0 Å². The van der Waals surface area contributed by atoms with Crippen molar-refractivity contribution in [1.82, 2.24) is 4.57 Å². The molecule has 0 fully saturated rings. The number of carbonyl (C=O) groups excluding carboxylic acids is 1. The molecule has 0 aliphatic carbocycles. The highest BCUT2D eigenvalue weighted by atomic mass is 35.5. The molecule has 2 nitrogen and oxygen atoms in total. The van der Waals surface area contributed by atoms with Gasteiger partial charge in [0.25, 0.3) is 0 Å². The molecule has 0 aliphatic rings. The average molecular weight is 242 g/mol. The van der Waals surface area contributed by atoms with Crippen molar-refractivity contribution in [2.24, 2.45) is 0 Å². The van der Waals surface area contributed by atoms with Gasteiger partial charge in [0, 0.05) is 35.8 Å². The first-order chi connectivity index (χ1) is 7.61. The topological polar surface area (TPSA) is 22.0 Å². The molecule has 1 heterocycles. The van der Waals surface area contributed by atoms with Crippen molar-refractivity contribution in [1.29, 1.82) is 0 Å². The summed E-state index contributed by atoms with van der Waals surface area (Å²) in [5.41, 5.74) is 3.10. The minimum absolute atomic E-state index is 0.158. The fraction of sp³-hybridized carbons (Fsp3) is 0.615. The lowest BCUT2D eigenvalue weighted by Gasteiger charge is -2.08. The SMILES string of the molecule is CCCCn1c(C)cc(C(=O)CCCl)c1C. The molecule has 0 saturated carbocycles. The molecule has 0 N–H and O–H groups in total. The molecule has 3 heteroatoms. The molecule has 16 heavy (non-hydrogen) atoms. The van der Waals surface area contributed by atoms with Gasteiger partial charge < -0.3 is 4.57 Å². The summed E-state index contributed by atoms with van der Waals surface area (Å²) < 4.78 is 2.23. The van der Waals surface area contributed by atoms with Crippen LogP contribution in [0, 0.1) is 13.8 Å². The van der Waals surface area contributed by atoms with Gasteiger partial charge in [-0.2, -0.15) is 0 Å². The summed E-state index contributed by atoms with van der Waals surface area (Å²) in [6, 6.07) is 1.99. The van der Waals surface area contributed by atoms with E-state index >= 15 is 0 Å². The van der Waals surface area contributed by atoms with E-state index in [0.717, 1.165) is 24.2 Å². The molecule has 0 radical (unpaired) electrons. The Morgan fingerprint density at radius 1 is 1.44 bits per heavy atom. The highest BCUT2D eigenvalue weighted by Crippen LogP contribution is 2.17. The Balaban J connectivity index is 2.92. The predicted molar refractivity (Wildman–Crippen MR) is 68.5 cm³/mol. The molecule has 1 aromatic heterocycles. The van der Waals surface area contributed by atoms with E-state index in [9.17, 15) is 4.79 Å². The van der Waals surface area contributed by atoms with E-state index in [1.165, 1.54) is 12.1 Å². The maximum Gasteiger partial charge on any atom is 0.165 e. The second-order valence-corrected chi connectivity index (χ2v) is 4.53. The van der Waals surface area contributed by atoms with Gasteiger partial charge in [0.1, 0.15) is 0 Å². The molecule has 0 amide bonds. The van der Waals surface area contributed by atoms with E-state index in [1.807, 2.05) is 13.0 Å². The lowest BCUT2D eigenvalue weighted by atomic mass is 10.1. The molecule has 0 aromatic carbocycles. The number of aryl methyl sites for hydroxylation is 1. The molecular weight excluding hydrogens is 222 g/mol. The van der Waals surface area contributed by atoms with Gasteiger partial charge in [0.2, 0.25) is 0 Å². The number of unbranched alkanes of at least 4 members (excludes halogenated alkanes) is 1. The van der Waals surface area contributed by atoms with Crippen LogP contribution in [0.4, 0.5) is 0 Å². The Labute approximate surface area is 103 Å². The number of hydrogen-bond acceptors (Lipinski definition) is 1. The smallest absolute Gasteiger partial charge is 0.165 e. The molecule has 0 spiro atoms. The average Bonchev–Trinajstić information content (AvgIpc) is 2.53. The zero-order chi connectivity index (χ0) is 12.1. The van der Waals surface area contributed by atoms with E-state index in [4.69, 9.17) is 11.6 Å². The summed E-state index contributed by atoms with van der Waals surface area (Å²) in [6.07, 6.45) is 2.75. The van der Waals surface area contributed by atoms with Gasteiger partial charge in [-0.3, -0.25) is 4.79 Å². The van der Waals surface area contributed by atoms with Crippen LogP contribution in [0.5, 0.6) is 0 Å². The van der Waals surface area contributed by atoms with Crippen LogP contribution in [-0.2, 0) is 6.54 Å². The van der Waals surface area contributed by atoms with Crippen molar-refractivity contribution < 1.29 is 4.79 Å². The first kappa shape index (κ1) is 13.3. The van der Waals surface area contributed by atoms with Crippen LogP contribution >= 0.6 is 11.6 Å². The first-order valence-electron chi connectivity index (χ1n) is 5.87. The van der Waals surface area contributed by atoms with Crippen molar-refractivity contribution in [3.05, 3.63) is 23.0 Å². The Morgan fingerprint density at radius 3 is 2.69 bits per heavy atom. The van der Waals surface area contributed by atoms with Gasteiger partial charge >= 0.3 is 0 Å². The third-order valence-electron chi connectivity index (χ3n) is 2.93. The van der Waals surface area contributed by atoms with E-state index in [-0.39, 0.29) is 5.78 Å². The van der Waals surface area contributed by atoms with Crippen molar-refractivity contribution in [2.45, 2.75) is 46.6 Å². The van der Waals surface area contributed by atoms with Gasteiger partial charge in [-0.05, 0) is 26.3 Å². The molecule has 0 unspecified atom stereocenters. The van der Waals surface area contributed by atoms with Crippen LogP contribution < -0.4 is 0 Å². The molecule has 0 bridgehead atoms. The van der Waals surface area contributed by atoms with Crippen LogP contribution in [0.15, 0.2) is 6.07 Å². The Morgan fingerprint density at radius 2 is 2.12 bits per heavy atom. The number of aromatic nitrogens is 1. The fourth-order valence-corrected chi connectivity index (χ4v) is 2.14. The summed E-state index contributed by atoms with van der Waals surface area (Å²) in [5, 5.41) is 0. The molecule has 0 saturated heterocycles. The van der Waals surface area contributed by atoms with Gasteiger partial charge in [-0.25, -0.2) is 0 Å². The number of hydrogen-bond donors (Lipinski definition) is 0. The fourth-order valence-electron chi connectivity index (χ4n) is 1.96. The standard InChI is InChI=1S/C13H20ClNO/c1-4-5-8-15-10(2)9-12(11(15)3)13(16)6-7-14/h9H,4-8H2,1-3H3. The minimum atomic E-state index is 0.158. The van der Waals surface area contributed by atoms with E-state index in [2.05, 4.69) is 18.4 Å². The number of alkyl halides is 1. The second kappa shape index (κ2) is 6.09. The first-order valence-corrected chi connectivity index (χ1v) is 6.41. The van der Waals surface area contributed by atoms with Crippen LogP contribution in [0.3, 0.4) is 0 Å². The normalized spacial score (nSPS) is 10.8. The third-order valence-corrected chi connectivity index (χ3v) is 3.12. The van der Waals surface area contributed by atoms with Gasteiger partial charge in [0.15, 0.2) is 5.78 Å². The molecule has 0 atom stereocenters. The van der Waals surface area contributed by atoms with Gasteiger partial charge in [0.05, 0.1) is 0 Å². The van der Waals surface area contributed by atoms with Crippen LogP contribution in [0.25, 0.3) is 0 Å².